The predicted octanol–water partition coefficient (Wildman–Crippen LogP) is 3.99. The molecule has 254 valence electrons. The molecule has 0 atom stereocenters. The molecule has 48 heavy (non-hydrogen) atoms. The monoisotopic (exact) mass is 671 g/mol. The first-order valence-electron chi connectivity index (χ1n) is 14.7. The third-order valence-corrected chi connectivity index (χ3v) is 7.72. The van der Waals surface area contributed by atoms with Crippen LogP contribution in [-0.2, 0) is 35.8 Å². The minimum atomic E-state index is -4.85. The van der Waals surface area contributed by atoms with Crippen LogP contribution >= 0.6 is 0 Å². The van der Waals surface area contributed by atoms with Gasteiger partial charge in [0.15, 0.2) is 17.3 Å². The van der Waals surface area contributed by atoms with Crippen molar-refractivity contribution in [1.82, 2.24) is 14.0 Å². The topological polar surface area (TPSA) is 149 Å². The summed E-state index contributed by atoms with van der Waals surface area (Å²) in [4.78, 5) is 32.4. The van der Waals surface area contributed by atoms with Crippen molar-refractivity contribution in [3.8, 4) is 22.6 Å². The number of morpholine rings is 1. The second-order valence-electron chi connectivity index (χ2n) is 11.0. The SMILES string of the molecule is COc1cc(-c2cc(C(F)(F)F)cc3c2n(C)c(=O)n3CC(=O)Nc2cccc(CN3CCOCC3)c2)cc(F)c1OCC(N)=NC=N. The van der Waals surface area contributed by atoms with Crippen molar-refractivity contribution in [2.75, 3.05) is 45.3 Å². The molecule has 1 saturated heterocycles. The number of amidine groups is 1. The van der Waals surface area contributed by atoms with Gasteiger partial charge in [-0.25, -0.2) is 14.2 Å². The highest BCUT2D eigenvalue weighted by Crippen LogP contribution is 2.41. The van der Waals surface area contributed by atoms with E-state index in [9.17, 15) is 22.8 Å². The molecule has 0 bridgehead atoms. The average molecular weight is 672 g/mol. The lowest BCUT2D eigenvalue weighted by Crippen LogP contribution is -2.35. The minimum Gasteiger partial charge on any atom is -0.493 e. The number of hydrogen-bond acceptors (Lipinski definition) is 7. The van der Waals surface area contributed by atoms with Crippen LogP contribution in [0.1, 0.15) is 11.1 Å². The average Bonchev–Trinajstić information content (AvgIpc) is 3.28. The van der Waals surface area contributed by atoms with E-state index in [1.165, 1.54) is 20.2 Å². The van der Waals surface area contributed by atoms with E-state index in [0.717, 1.165) is 46.0 Å². The number of amides is 1. The summed E-state index contributed by atoms with van der Waals surface area (Å²) >= 11 is 0. The number of imidazole rings is 1. The van der Waals surface area contributed by atoms with Gasteiger partial charge < -0.3 is 25.3 Å². The Balaban J connectivity index is 1.51. The molecule has 12 nitrogen and oxygen atoms in total. The zero-order valence-electron chi connectivity index (χ0n) is 26.1. The number of anilines is 1. The number of nitrogens with one attached hydrogen (secondary N) is 2. The highest BCUT2D eigenvalue weighted by molar-refractivity contribution is 5.96. The third-order valence-electron chi connectivity index (χ3n) is 7.72. The Morgan fingerprint density at radius 2 is 1.92 bits per heavy atom. The van der Waals surface area contributed by atoms with E-state index in [0.29, 0.717) is 31.8 Å². The fraction of sp³-hybridized carbons (Fsp3) is 0.312. The number of carbonyl (C=O) groups excluding carboxylic acids is 1. The van der Waals surface area contributed by atoms with Crippen molar-refractivity contribution in [3.63, 3.8) is 0 Å². The summed E-state index contributed by atoms with van der Waals surface area (Å²) in [7, 11) is 2.56. The number of carbonyl (C=O) groups is 1. The van der Waals surface area contributed by atoms with Crippen molar-refractivity contribution in [3.05, 3.63) is 76.0 Å². The van der Waals surface area contributed by atoms with Gasteiger partial charge in [0.05, 0.1) is 36.9 Å². The summed E-state index contributed by atoms with van der Waals surface area (Å²) in [5.74, 6) is -2.30. The number of hydrogen-bond donors (Lipinski definition) is 3. The Labute approximate surface area is 271 Å². The van der Waals surface area contributed by atoms with Gasteiger partial charge in [0.2, 0.25) is 5.91 Å². The van der Waals surface area contributed by atoms with E-state index in [1.54, 1.807) is 18.2 Å². The molecule has 16 heteroatoms. The number of rotatable bonds is 11. The molecule has 1 aliphatic heterocycles. The number of ether oxygens (including phenoxy) is 3. The lowest BCUT2D eigenvalue weighted by Gasteiger charge is -2.26. The predicted molar refractivity (Wildman–Crippen MR) is 171 cm³/mol. The largest absolute Gasteiger partial charge is 0.493 e. The third kappa shape index (κ3) is 7.50. The molecule has 0 spiro atoms. The first-order valence-corrected chi connectivity index (χ1v) is 14.7. The van der Waals surface area contributed by atoms with Gasteiger partial charge in [-0.2, -0.15) is 13.2 Å². The van der Waals surface area contributed by atoms with Crippen molar-refractivity contribution >= 4 is 34.8 Å². The van der Waals surface area contributed by atoms with E-state index in [4.69, 9.17) is 25.4 Å². The van der Waals surface area contributed by atoms with E-state index in [-0.39, 0.29) is 39.5 Å². The molecule has 0 aliphatic carbocycles. The van der Waals surface area contributed by atoms with Gasteiger partial charge in [0.1, 0.15) is 25.3 Å². The van der Waals surface area contributed by atoms with Gasteiger partial charge in [-0.3, -0.25) is 24.2 Å². The Morgan fingerprint density at radius 1 is 1.17 bits per heavy atom. The molecule has 4 N–H and O–H groups in total. The van der Waals surface area contributed by atoms with E-state index >= 15 is 4.39 Å². The lowest BCUT2D eigenvalue weighted by atomic mass is 9.99. The molecular formula is C32H33F4N7O5. The number of nitrogens with two attached hydrogens (primary N) is 1. The van der Waals surface area contributed by atoms with Crippen molar-refractivity contribution in [2.45, 2.75) is 19.3 Å². The van der Waals surface area contributed by atoms with E-state index in [1.807, 2.05) is 6.07 Å². The fourth-order valence-electron chi connectivity index (χ4n) is 5.48. The zero-order valence-corrected chi connectivity index (χ0v) is 26.1. The Hall–Kier alpha value is -5.22. The first-order chi connectivity index (χ1) is 22.9. The summed E-state index contributed by atoms with van der Waals surface area (Å²) in [5.41, 5.74) is 4.80. The number of halogens is 4. The fourth-order valence-corrected chi connectivity index (χ4v) is 5.48. The van der Waals surface area contributed by atoms with Gasteiger partial charge >= 0.3 is 11.9 Å². The highest BCUT2D eigenvalue weighted by Gasteiger charge is 2.33. The quantitative estimate of drug-likeness (QED) is 0.124. The molecule has 4 aromatic rings. The first kappa shape index (κ1) is 34.1. The van der Waals surface area contributed by atoms with Crippen LogP contribution in [0.2, 0.25) is 0 Å². The maximum absolute atomic E-state index is 15.4. The van der Waals surface area contributed by atoms with Crippen LogP contribution in [0, 0.1) is 11.2 Å². The summed E-state index contributed by atoms with van der Waals surface area (Å²) in [6.07, 6.45) is -4.17. The van der Waals surface area contributed by atoms with E-state index < -0.39 is 42.3 Å². The molecule has 0 saturated carbocycles. The summed E-state index contributed by atoms with van der Waals surface area (Å²) in [6.45, 7) is 2.47. The van der Waals surface area contributed by atoms with Gasteiger partial charge in [-0.05, 0) is 47.5 Å². The number of aromatic nitrogens is 2. The lowest BCUT2D eigenvalue weighted by molar-refractivity contribution is -0.137. The molecule has 0 radical (unpaired) electrons. The minimum absolute atomic E-state index is 0.0331. The van der Waals surface area contributed by atoms with Crippen molar-refractivity contribution < 1.29 is 36.6 Å². The Morgan fingerprint density at radius 3 is 2.60 bits per heavy atom. The molecule has 0 unspecified atom stereocenters. The number of aryl methyl sites for hydroxylation is 1. The van der Waals surface area contributed by atoms with Gasteiger partial charge in [-0.1, -0.05) is 12.1 Å². The second kappa shape index (κ2) is 14.3. The standard InChI is InChI=1S/C32H33F4N7O5/c1-41-29-23(20-11-24(33)30(26(12-20)46-2)48-17-27(38)39-18-37)13-21(32(34,35)36)14-25(29)43(31(41)45)16-28(44)40-22-5-3-4-19(10-22)15-42-6-8-47-9-7-42/h3-5,10-14,18H,6-9,15-17H2,1-2H3,(H,40,44)(H3,37,38,39). The zero-order chi connectivity index (χ0) is 34.6. The van der Waals surface area contributed by atoms with Crippen molar-refractivity contribution in [2.24, 2.45) is 17.8 Å². The molecular weight excluding hydrogens is 638 g/mol. The van der Waals surface area contributed by atoms with Gasteiger partial charge in [0, 0.05) is 37.9 Å². The number of methoxy groups -OCH3 is 1. The summed E-state index contributed by atoms with van der Waals surface area (Å²) in [6, 6.07) is 11.0. The van der Waals surface area contributed by atoms with Crippen LogP contribution in [0.4, 0.5) is 23.2 Å². The Kier molecular flexibility index (Phi) is 10.1. The molecule has 5 rings (SSSR count). The summed E-state index contributed by atoms with van der Waals surface area (Å²) in [5, 5.41) is 9.71. The van der Waals surface area contributed by atoms with Crippen LogP contribution in [-0.4, -0.2) is 72.1 Å². The van der Waals surface area contributed by atoms with Crippen LogP contribution in [0.3, 0.4) is 0 Å². The highest BCUT2D eigenvalue weighted by atomic mass is 19.4. The smallest absolute Gasteiger partial charge is 0.416 e. The molecule has 1 fully saturated rings. The summed E-state index contributed by atoms with van der Waals surface area (Å²) < 4.78 is 76.0. The Bertz CT molecular complexity index is 1930. The number of benzene rings is 3. The van der Waals surface area contributed by atoms with Crippen LogP contribution in [0.5, 0.6) is 11.5 Å². The normalized spacial score (nSPS) is 14.2. The van der Waals surface area contributed by atoms with E-state index in [2.05, 4.69) is 15.2 Å². The number of alkyl halides is 3. The second-order valence-corrected chi connectivity index (χ2v) is 11.0. The molecule has 1 amide bonds. The van der Waals surface area contributed by atoms with Crippen LogP contribution in [0.15, 0.2) is 58.3 Å². The number of aliphatic imine (C=N–C) groups is 1. The van der Waals surface area contributed by atoms with Gasteiger partial charge in [-0.15, -0.1) is 0 Å². The molecule has 3 aromatic carbocycles. The molecule has 1 aliphatic rings. The molecule has 1 aromatic heterocycles. The number of fused-ring (bicyclic) bond motifs is 1. The number of nitrogens with zero attached hydrogens (tertiary/aromatic N) is 4. The maximum atomic E-state index is 15.4. The van der Waals surface area contributed by atoms with Gasteiger partial charge in [0.25, 0.3) is 0 Å². The van der Waals surface area contributed by atoms with Crippen molar-refractivity contribution in [1.29, 1.82) is 5.41 Å². The van der Waals surface area contributed by atoms with Crippen LogP contribution in [0.25, 0.3) is 22.2 Å². The maximum Gasteiger partial charge on any atom is 0.416 e. The van der Waals surface area contributed by atoms with Crippen LogP contribution < -0.4 is 26.2 Å². The molecule has 2 heterocycles.